The van der Waals surface area contributed by atoms with Gasteiger partial charge in [-0.05, 0) is 25.2 Å². The van der Waals surface area contributed by atoms with E-state index in [0.29, 0.717) is 0 Å². The van der Waals surface area contributed by atoms with Crippen LogP contribution in [0.1, 0.15) is 78.1 Å². The molecule has 0 aromatic rings. The predicted octanol–water partition coefficient (Wildman–Crippen LogP) is 5.73. The summed E-state index contributed by atoms with van der Waals surface area (Å²) in [5, 5.41) is 0. The van der Waals surface area contributed by atoms with Crippen molar-refractivity contribution in [3.8, 4) is 0 Å². The molecule has 94 valence electrons. The first kappa shape index (κ1) is 13.8. The van der Waals surface area contributed by atoms with E-state index in [9.17, 15) is 0 Å². The van der Waals surface area contributed by atoms with Crippen LogP contribution >= 0.6 is 0 Å². The number of hydrogen-bond donors (Lipinski definition) is 0. The fourth-order valence-corrected chi connectivity index (χ4v) is 2.89. The van der Waals surface area contributed by atoms with Crippen molar-refractivity contribution < 1.29 is 0 Å². The molecule has 0 amide bonds. The number of allylic oxidation sites excluding steroid dienone is 2. The second kappa shape index (κ2) is 8.84. The Labute approximate surface area is 103 Å². The van der Waals surface area contributed by atoms with Crippen LogP contribution in [0, 0.1) is 11.8 Å². The summed E-state index contributed by atoms with van der Waals surface area (Å²) in [5.74, 6) is 1.99. The average Bonchev–Trinajstić information content (AvgIpc) is 2.79. The highest BCUT2D eigenvalue weighted by Crippen LogP contribution is 2.29. The van der Waals surface area contributed by atoms with Gasteiger partial charge in [-0.25, -0.2) is 0 Å². The van der Waals surface area contributed by atoms with Crippen LogP contribution in [0.4, 0.5) is 0 Å². The summed E-state index contributed by atoms with van der Waals surface area (Å²) in [7, 11) is 0. The molecule has 1 saturated carbocycles. The molecule has 0 radical (unpaired) electrons. The fraction of sp³-hybridized carbons (Fsp3) is 0.875. The predicted molar refractivity (Wildman–Crippen MR) is 73.6 cm³/mol. The monoisotopic (exact) mass is 222 g/mol. The number of unbranched alkanes of at least 4 members (excludes halogenated alkanes) is 2. The summed E-state index contributed by atoms with van der Waals surface area (Å²) in [6.45, 7) is 4.51. The molecule has 0 heterocycles. The van der Waals surface area contributed by atoms with Gasteiger partial charge in [0.25, 0.3) is 0 Å². The maximum absolute atomic E-state index is 2.39. The molecular weight excluding hydrogens is 192 g/mol. The lowest BCUT2D eigenvalue weighted by Gasteiger charge is -2.10. The first-order valence-electron chi connectivity index (χ1n) is 7.44. The van der Waals surface area contributed by atoms with E-state index < -0.39 is 0 Å². The quantitative estimate of drug-likeness (QED) is 0.363. The Morgan fingerprint density at radius 1 is 1.12 bits per heavy atom. The van der Waals surface area contributed by atoms with Gasteiger partial charge in [-0.1, -0.05) is 76.9 Å². The molecular formula is C16H30. The summed E-state index contributed by atoms with van der Waals surface area (Å²) < 4.78 is 0. The van der Waals surface area contributed by atoms with Gasteiger partial charge in [0.15, 0.2) is 0 Å². The van der Waals surface area contributed by atoms with Crippen molar-refractivity contribution in [3.05, 3.63) is 12.2 Å². The third-order valence-corrected chi connectivity index (χ3v) is 4.06. The van der Waals surface area contributed by atoms with Gasteiger partial charge in [0.2, 0.25) is 0 Å². The van der Waals surface area contributed by atoms with Crippen LogP contribution in [-0.4, -0.2) is 0 Å². The SMILES string of the molecule is C/C=C\CC(C)CCCCCC1CCCC1. The van der Waals surface area contributed by atoms with Crippen LogP contribution in [0.5, 0.6) is 0 Å². The molecule has 0 aromatic heterocycles. The minimum Gasteiger partial charge on any atom is -0.0917 e. The molecule has 0 spiro atoms. The van der Waals surface area contributed by atoms with Crippen LogP contribution in [0.2, 0.25) is 0 Å². The average molecular weight is 222 g/mol. The second-order valence-electron chi connectivity index (χ2n) is 5.70. The van der Waals surface area contributed by atoms with E-state index in [0.717, 1.165) is 11.8 Å². The van der Waals surface area contributed by atoms with Gasteiger partial charge in [0, 0.05) is 0 Å². The highest BCUT2D eigenvalue weighted by Gasteiger charge is 2.13. The van der Waals surface area contributed by atoms with E-state index in [2.05, 4.69) is 26.0 Å². The minimum atomic E-state index is 0.891. The maximum atomic E-state index is 2.39. The largest absolute Gasteiger partial charge is 0.0917 e. The molecule has 1 atom stereocenters. The van der Waals surface area contributed by atoms with Crippen molar-refractivity contribution >= 4 is 0 Å². The van der Waals surface area contributed by atoms with Gasteiger partial charge >= 0.3 is 0 Å². The van der Waals surface area contributed by atoms with Crippen molar-refractivity contribution in [1.82, 2.24) is 0 Å². The molecule has 0 N–H and O–H groups in total. The Morgan fingerprint density at radius 3 is 2.56 bits per heavy atom. The van der Waals surface area contributed by atoms with Crippen molar-refractivity contribution in [2.75, 3.05) is 0 Å². The molecule has 16 heavy (non-hydrogen) atoms. The lowest BCUT2D eigenvalue weighted by Crippen LogP contribution is -1.95. The zero-order valence-electron chi connectivity index (χ0n) is 11.4. The fourth-order valence-electron chi connectivity index (χ4n) is 2.89. The molecule has 0 saturated heterocycles. The number of rotatable bonds is 8. The van der Waals surface area contributed by atoms with Crippen LogP contribution in [-0.2, 0) is 0 Å². The highest BCUT2D eigenvalue weighted by atomic mass is 14.2. The second-order valence-corrected chi connectivity index (χ2v) is 5.70. The Balaban J connectivity index is 1.87. The minimum absolute atomic E-state index is 0.891. The molecule has 0 aliphatic heterocycles. The van der Waals surface area contributed by atoms with E-state index in [1.165, 1.54) is 64.2 Å². The summed E-state index contributed by atoms with van der Waals surface area (Å²) in [6, 6.07) is 0. The molecule has 1 rings (SSSR count). The Morgan fingerprint density at radius 2 is 1.88 bits per heavy atom. The third-order valence-electron chi connectivity index (χ3n) is 4.06. The molecule has 1 fully saturated rings. The first-order valence-corrected chi connectivity index (χ1v) is 7.44. The molecule has 0 nitrogen and oxygen atoms in total. The molecule has 0 aromatic carbocycles. The summed E-state index contributed by atoms with van der Waals surface area (Å²) in [4.78, 5) is 0. The lowest BCUT2D eigenvalue weighted by molar-refractivity contribution is 0.443. The van der Waals surface area contributed by atoms with Gasteiger partial charge in [-0.2, -0.15) is 0 Å². The molecule has 1 aliphatic carbocycles. The lowest BCUT2D eigenvalue weighted by atomic mass is 9.96. The van der Waals surface area contributed by atoms with Crippen molar-refractivity contribution in [2.45, 2.75) is 78.1 Å². The zero-order valence-corrected chi connectivity index (χ0v) is 11.4. The van der Waals surface area contributed by atoms with E-state index >= 15 is 0 Å². The van der Waals surface area contributed by atoms with Crippen molar-refractivity contribution in [1.29, 1.82) is 0 Å². The van der Waals surface area contributed by atoms with Crippen LogP contribution in [0.15, 0.2) is 12.2 Å². The first-order chi connectivity index (χ1) is 7.83. The Hall–Kier alpha value is -0.260. The van der Waals surface area contributed by atoms with Crippen LogP contribution in [0.3, 0.4) is 0 Å². The van der Waals surface area contributed by atoms with Crippen LogP contribution in [0.25, 0.3) is 0 Å². The van der Waals surface area contributed by atoms with Gasteiger partial charge in [0.05, 0.1) is 0 Å². The standard InChI is InChI=1S/C16H30/c1-3-4-10-15(2)11-6-5-7-12-16-13-8-9-14-16/h3-4,15-16H,5-14H2,1-2H3/b4-3-. The van der Waals surface area contributed by atoms with E-state index in [-0.39, 0.29) is 0 Å². The maximum Gasteiger partial charge on any atom is -0.0325 e. The zero-order chi connectivity index (χ0) is 11.6. The van der Waals surface area contributed by atoms with E-state index in [1.54, 1.807) is 0 Å². The summed E-state index contributed by atoms with van der Waals surface area (Å²) in [5.41, 5.74) is 0. The topological polar surface area (TPSA) is 0 Å². The number of hydrogen-bond acceptors (Lipinski definition) is 0. The van der Waals surface area contributed by atoms with Gasteiger partial charge in [-0.15, -0.1) is 0 Å². The molecule has 1 unspecified atom stereocenters. The summed E-state index contributed by atoms with van der Waals surface area (Å²) in [6.07, 6.45) is 19.2. The summed E-state index contributed by atoms with van der Waals surface area (Å²) >= 11 is 0. The smallest absolute Gasteiger partial charge is 0.0325 e. The van der Waals surface area contributed by atoms with E-state index in [4.69, 9.17) is 0 Å². The molecule has 1 aliphatic rings. The highest BCUT2D eigenvalue weighted by molar-refractivity contribution is 4.78. The molecule has 0 heteroatoms. The van der Waals surface area contributed by atoms with Gasteiger partial charge in [-0.3, -0.25) is 0 Å². The van der Waals surface area contributed by atoms with Crippen molar-refractivity contribution in [2.24, 2.45) is 11.8 Å². The third kappa shape index (κ3) is 6.35. The van der Waals surface area contributed by atoms with Gasteiger partial charge in [0.1, 0.15) is 0 Å². The Kier molecular flexibility index (Phi) is 7.63. The normalized spacial score (nSPS) is 19.6. The van der Waals surface area contributed by atoms with Crippen molar-refractivity contribution in [3.63, 3.8) is 0 Å². The van der Waals surface area contributed by atoms with E-state index in [1.807, 2.05) is 0 Å². The van der Waals surface area contributed by atoms with Gasteiger partial charge < -0.3 is 0 Å². The van der Waals surface area contributed by atoms with Crippen LogP contribution < -0.4 is 0 Å². The molecule has 0 bridgehead atoms. The Bertz CT molecular complexity index is 174.